The van der Waals surface area contributed by atoms with Crippen molar-refractivity contribution in [1.82, 2.24) is 4.98 Å². The van der Waals surface area contributed by atoms with Crippen LogP contribution in [-0.4, -0.2) is 16.2 Å². The van der Waals surface area contributed by atoms with E-state index in [4.69, 9.17) is 4.74 Å². The van der Waals surface area contributed by atoms with E-state index in [0.717, 1.165) is 15.8 Å². The number of ether oxygens (including phenoxy) is 1. The zero-order valence-electron chi connectivity index (χ0n) is 10.7. The van der Waals surface area contributed by atoms with Crippen LogP contribution in [-0.2, 0) is 0 Å². The van der Waals surface area contributed by atoms with E-state index >= 15 is 0 Å². The summed E-state index contributed by atoms with van der Waals surface area (Å²) >= 11 is 3.39. The van der Waals surface area contributed by atoms with Gasteiger partial charge in [0.1, 0.15) is 11.9 Å². The van der Waals surface area contributed by atoms with E-state index < -0.39 is 6.10 Å². The molecule has 0 bridgehead atoms. The third-order valence-corrected chi connectivity index (χ3v) is 3.25. The van der Waals surface area contributed by atoms with Crippen molar-refractivity contribution in [3.8, 4) is 5.75 Å². The lowest BCUT2D eigenvalue weighted by Gasteiger charge is -2.20. The lowest BCUT2D eigenvalue weighted by Crippen LogP contribution is -2.14. The summed E-state index contributed by atoms with van der Waals surface area (Å²) in [6, 6.07) is 11.5. The molecule has 1 aromatic heterocycles. The first-order chi connectivity index (χ1) is 9.15. The number of rotatable bonds is 5. The zero-order valence-corrected chi connectivity index (χ0v) is 12.2. The molecule has 2 unspecified atom stereocenters. The van der Waals surface area contributed by atoms with Gasteiger partial charge in [-0.15, -0.1) is 0 Å². The van der Waals surface area contributed by atoms with Gasteiger partial charge in [-0.3, -0.25) is 4.98 Å². The summed E-state index contributed by atoms with van der Waals surface area (Å²) < 4.78 is 6.97. The summed E-state index contributed by atoms with van der Waals surface area (Å²) in [5.41, 5.74) is 1.01. The van der Waals surface area contributed by atoms with Crippen molar-refractivity contribution in [3.05, 3.63) is 58.8 Å². The van der Waals surface area contributed by atoms with Gasteiger partial charge in [-0.1, -0.05) is 15.9 Å². The molecule has 0 aliphatic heterocycles. The average molecular weight is 322 g/mol. The number of nitrogens with zero attached hydrogens (tertiary/aromatic N) is 1. The lowest BCUT2D eigenvalue weighted by atomic mass is 10.1. The van der Waals surface area contributed by atoms with Gasteiger partial charge in [-0.05, 0) is 48.9 Å². The second-order valence-corrected chi connectivity index (χ2v) is 5.34. The zero-order chi connectivity index (χ0) is 13.7. The van der Waals surface area contributed by atoms with E-state index in [1.807, 2.05) is 36.4 Å². The molecule has 2 rings (SSSR count). The summed E-state index contributed by atoms with van der Waals surface area (Å²) in [5.74, 6) is 0.783. The minimum Gasteiger partial charge on any atom is -0.486 e. The summed E-state index contributed by atoms with van der Waals surface area (Å²) in [6.07, 6.45) is 3.41. The topological polar surface area (TPSA) is 42.4 Å². The van der Waals surface area contributed by atoms with Crippen LogP contribution in [0.3, 0.4) is 0 Å². The Bertz CT molecular complexity index is 499. The molecule has 0 amide bonds. The Balaban J connectivity index is 2.16. The summed E-state index contributed by atoms with van der Waals surface area (Å²) in [6.45, 7) is 1.76. The molecule has 0 saturated heterocycles. The Kier molecular flexibility index (Phi) is 4.93. The van der Waals surface area contributed by atoms with Crippen molar-refractivity contribution < 1.29 is 9.84 Å². The van der Waals surface area contributed by atoms with Crippen LogP contribution in [0.15, 0.2) is 53.3 Å². The van der Waals surface area contributed by atoms with E-state index in [9.17, 15) is 5.11 Å². The highest BCUT2D eigenvalue weighted by atomic mass is 79.9. The van der Waals surface area contributed by atoms with Crippen LogP contribution in [0.5, 0.6) is 5.75 Å². The summed E-state index contributed by atoms with van der Waals surface area (Å²) in [5, 5.41) is 9.60. The first kappa shape index (κ1) is 14.0. The molecule has 1 aromatic carbocycles. The SMILES string of the molecule is CC(O)CC(Oc1ccc(Br)cc1)c1ccncc1. The van der Waals surface area contributed by atoms with Gasteiger partial charge >= 0.3 is 0 Å². The number of hydrogen-bond donors (Lipinski definition) is 1. The van der Waals surface area contributed by atoms with Crippen LogP contribution in [0, 0.1) is 0 Å². The van der Waals surface area contributed by atoms with Crippen molar-refractivity contribution in [3.63, 3.8) is 0 Å². The van der Waals surface area contributed by atoms with Crippen LogP contribution in [0.4, 0.5) is 0 Å². The Morgan fingerprint density at radius 3 is 2.37 bits per heavy atom. The van der Waals surface area contributed by atoms with Gasteiger partial charge in [0.2, 0.25) is 0 Å². The molecule has 2 atom stereocenters. The molecule has 3 nitrogen and oxygen atoms in total. The van der Waals surface area contributed by atoms with Crippen LogP contribution in [0.1, 0.15) is 25.0 Å². The molecule has 0 saturated carbocycles. The third-order valence-electron chi connectivity index (χ3n) is 2.73. The second-order valence-electron chi connectivity index (χ2n) is 4.43. The molecule has 19 heavy (non-hydrogen) atoms. The summed E-state index contributed by atoms with van der Waals surface area (Å²) in [7, 11) is 0. The average Bonchev–Trinajstić information content (AvgIpc) is 2.41. The molecule has 0 aliphatic carbocycles. The number of pyridine rings is 1. The molecule has 2 aromatic rings. The number of hydrogen-bond acceptors (Lipinski definition) is 3. The van der Waals surface area contributed by atoms with Crippen molar-refractivity contribution >= 4 is 15.9 Å². The molecule has 4 heteroatoms. The number of aromatic nitrogens is 1. The first-order valence-electron chi connectivity index (χ1n) is 6.15. The number of aliphatic hydroxyl groups excluding tert-OH is 1. The van der Waals surface area contributed by atoms with E-state index in [-0.39, 0.29) is 6.10 Å². The highest BCUT2D eigenvalue weighted by Crippen LogP contribution is 2.26. The van der Waals surface area contributed by atoms with Gasteiger partial charge in [-0.25, -0.2) is 0 Å². The highest BCUT2D eigenvalue weighted by Gasteiger charge is 2.16. The minimum absolute atomic E-state index is 0.177. The molecular weight excluding hydrogens is 306 g/mol. The molecule has 100 valence electrons. The third kappa shape index (κ3) is 4.33. The first-order valence-corrected chi connectivity index (χ1v) is 6.94. The standard InChI is InChI=1S/C15H16BrNO2/c1-11(18)10-15(12-6-8-17-9-7-12)19-14-4-2-13(16)3-5-14/h2-9,11,15,18H,10H2,1H3. The summed E-state index contributed by atoms with van der Waals surface area (Å²) in [4.78, 5) is 4.00. The van der Waals surface area contributed by atoms with Crippen molar-refractivity contribution in [2.45, 2.75) is 25.6 Å². The van der Waals surface area contributed by atoms with Gasteiger partial charge in [0.25, 0.3) is 0 Å². The number of halogens is 1. The minimum atomic E-state index is -0.423. The molecule has 0 radical (unpaired) electrons. The molecule has 1 heterocycles. The fourth-order valence-corrected chi connectivity index (χ4v) is 2.08. The smallest absolute Gasteiger partial charge is 0.126 e. The number of benzene rings is 1. The van der Waals surface area contributed by atoms with Gasteiger partial charge < -0.3 is 9.84 Å². The maximum atomic E-state index is 9.60. The van der Waals surface area contributed by atoms with Crippen LogP contribution in [0.2, 0.25) is 0 Å². The lowest BCUT2D eigenvalue weighted by molar-refractivity contribution is 0.106. The van der Waals surface area contributed by atoms with E-state index in [1.165, 1.54) is 0 Å². The van der Waals surface area contributed by atoms with E-state index in [1.54, 1.807) is 19.3 Å². The van der Waals surface area contributed by atoms with Crippen LogP contribution in [0.25, 0.3) is 0 Å². The Morgan fingerprint density at radius 1 is 1.16 bits per heavy atom. The predicted molar refractivity (Wildman–Crippen MR) is 78.0 cm³/mol. The fraction of sp³-hybridized carbons (Fsp3) is 0.267. The molecule has 0 spiro atoms. The predicted octanol–water partition coefficient (Wildman–Crippen LogP) is 3.74. The van der Waals surface area contributed by atoms with Gasteiger partial charge in [-0.2, -0.15) is 0 Å². The normalized spacial score (nSPS) is 13.8. The Morgan fingerprint density at radius 2 is 1.79 bits per heavy atom. The van der Waals surface area contributed by atoms with Crippen molar-refractivity contribution in [2.24, 2.45) is 0 Å². The van der Waals surface area contributed by atoms with Gasteiger partial charge in [0.05, 0.1) is 6.10 Å². The van der Waals surface area contributed by atoms with Gasteiger partial charge in [0, 0.05) is 23.3 Å². The van der Waals surface area contributed by atoms with Crippen LogP contribution >= 0.6 is 15.9 Å². The van der Waals surface area contributed by atoms with E-state index in [0.29, 0.717) is 6.42 Å². The molecular formula is C15H16BrNO2. The largest absolute Gasteiger partial charge is 0.486 e. The van der Waals surface area contributed by atoms with E-state index in [2.05, 4.69) is 20.9 Å². The highest BCUT2D eigenvalue weighted by molar-refractivity contribution is 9.10. The fourth-order valence-electron chi connectivity index (χ4n) is 1.82. The molecule has 0 aliphatic rings. The van der Waals surface area contributed by atoms with Crippen LogP contribution < -0.4 is 4.74 Å². The monoisotopic (exact) mass is 321 g/mol. The van der Waals surface area contributed by atoms with Gasteiger partial charge in [0.15, 0.2) is 0 Å². The van der Waals surface area contributed by atoms with Crippen molar-refractivity contribution in [1.29, 1.82) is 0 Å². The quantitative estimate of drug-likeness (QED) is 0.912. The second kappa shape index (κ2) is 6.68. The molecule has 0 fully saturated rings. The molecule has 1 N–H and O–H groups in total. The maximum Gasteiger partial charge on any atom is 0.126 e. The van der Waals surface area contributed by atoms with Crippen molar-refractivity contribution in [2.75, 3.05) is 0 Å². The Labute approximate surface area is 121 Å². The Hall–Kier alpha value is -1.39. The maximum absolute atomic E-state index is 9.60. The number of aliphatic hydroxyl groups is 1.